The van der Waals surface area contributed by atoms with Crippen LogP contribution in [0.5, 0.6) is 0 Å². The standard InChI is InChI=1S/C18H22N6O/c1-3-23-13-20-22-17(23)9-10-19-18(25)16-11-21-24(14(16)2)12-15-7-5-4-6-8-15/h4-8,11,13H,3,9-10,12H2,1-2H3,(H,19,25). The summed E-state index contributed by atoms with van der Waals surface area (Å²) >= 11 is 0. The minimum Gasteiger partial charge on any atom is -0.351 e. The maximum Gasteiger partial charge on any atom is 0.254 e. The first-order chi connectivity index (χ1) is 12.2. The number of hydrogen-bond donors (Lipinski definition) is 1. The summed E-state index contributed by atoms with van der Waals surface area (Å²) in [6, 6.07) is 10.1. The smallest absolute Gasteiger partial charge is 0.254 e. The van der Waals surface area contributed by atoms with Gasteiger partial charge in [-0.1, -0.05) is 30.3 Å². The van der Waals surface area contributed by atoms with Gasteiger partial charge in [0.05, 0.1) is 18.3 Å². The van der Waals surface area contributed by atoms with Gasteiger partial charge in [-0.05, 0) is 19.4 Å². The Morgan fingerprint density at radius 2 is 2.04 bits per heavy atom. The maximum absolute atomic E-state index is 12.4. The molecule has 130 valence electrons. The number of carbonyl (C=O) groups excluding carboxylic acids is 1. The van der Waals surface area contributed by atoms with Crippen molar-refractivity contribution in [3.05, 3.63) is 65.5 Å². The minimum atomic E-state index is -0.112. The second-order valence-corrected chi connectivity index (χ2v) is 5.83. The number of benzene rings is 1. The average molecular weight is 338 g/mol. The number of nitrogens with one attached hydrogen (secondary N) is 1. The summed E-state index contributed by atoms with van der Waals surface area (Å²) < 4.78 is 3.81. The van der Waals surface area contributed by atoms with Crippen LogP contribution in [0, 0.1) is 6.92 Å². The number of aromatic nitrogens is 5. The second-order valence-electron chi connectivity index (χ2n) is 5.83. The van der Waals surface area contributed by atoms with Crippen molar-refractivity contribution in [2.24, 2.45) is 0 Å². The van der Waals surface area contributed by atoms with Crippen LogP contribution in [0.3, 0.4) is 0 Å². The lowest BCUT2D eigenvalue weighted by Gasteiger charge is -2.07. The number of nitrogens with zero attached hydrogens (tertiary/aromatic N) is 5. The van der Waals surface area contributed by atoms with Crippen LogP contribution in [0.1, 0.15) is 34.4 Å². The third-order valence-electron chi connectivity index (χ3n) is 4.19. The Bertz CT molecular complexity index is 836. The molecule has 0 saturated heterocycles. The third-order valence-corrected chi connectivity index (χ3v) is 4.19. The normalized spacial score (nSPS) is 10.8. The van der Waals surface area contributed by atoms with Crippen molar-refractivity contribution < 1.29 is 4.79 Å². The van der Waals surface area contributed by atoms with Crippen molar-refractivity contribution in [1.82, 2.24) is 29.9 Å². The quantitative estimate of drug-likeness (QED) is 0.713. The monoisotopic (exact) mass is 338 g/mol. The van der Waals surface area contributed by atoms with E-state index in [9.17, 15) is 4.79 Å². The molecule has 0 radical (unpaired) electrons. The zero-order valence-corrected chi connectivity index (χ0v) is 14.5. The third kappa shape index (κ3) is 3.93. The summed E-state index contributed by atoms with van der Waals surface area (Å²) in [6.07, 6.45) is 3.98. The van der Waals surface area contributed by atoms with Crippen LogP contribution < -0.4 is 5.32 Å². The molecule has 0 aliphatic carbocycles. The van der Waals surface area contributed by atoms with Crippen LogP contribution in [0.2, 0.25) is 0 Å². The summed E-state index contributed by atoms with van der Waals surface area (Å²) in [5, 5.41) is 15.2. The maximum atomic E-state index is 12.4. The Hall–Kier alpha value is -2.96. The molecule has 25 heavy (non-hydrogen) atoms. The van der Waals surface area contributed by atoms with Gasteiger partial charge in [0.25, 0.3) is 5.91 Å². The van der Waals surface area contributed by atoms with Gasteiger partial charge >= 0.3 is 0 Å². The van der Waals surface area contributed by atoms with Gasteiger partial charge in [-0.25, -0.2) is 0 Å². The molecule has 0 aliphatic rings. The van der Waals surface area contributed by atoms with Gasteiger partial charge in [-0.2, -0.15) is 5.10 Å². The highest BCUT2D eigenvalue weighted by Gasteiger charge is 2.14. The van der Waals surface area contributed by atoms with E-state index in [4.69, 9.17) is 0 Å². The number of carbonyl (C=O) groups is 1. The van der Waals surface area contributed by atoms with E-state index in [1.807, 2.05) is 53.4 Å². The van der Waals surface area contributed by atoms with E-state index in [-0.39, 0.29) is 5.91 Å². The number of rotatable bonds is 7. The molecule has 0 atom stereocenters. The fraction of sp³-hybridized carbons (Fsp3) is 0.333. The Kier molecular flexibility index (Phi) is 5.23. The molecule has 3 aromatic rings. The lowest BCUT2D eigenvalue weighted by molar-refractivity contribution is 0.0953. The Morgan fingerprint density at radius 1 is 1.24 bits per heavy atom. The fourth-order valence-electron chi connectivity index (χ4n) is 2.70. The predicted octanol–water partition coefficient (Wildman–Crippen LogP) is 1.82. The van der Waals surface area contributed by atoms with E-state index in [1.54, 1.807) is 12.5 Å². The van der Waals surface area contributed by atoms with E-state index in [0.717, 1.165) is 23.6 Å². The molecule has 0 bridgehead atoms. The van der Waals surface area contributed by atoms with Gasteiger partial charge in [0.15, 0.2) is 0 Å². The molecular weight excluding hydrogens is 316 g/mol. The van der Waals surface area contributed by atoms with Crippen LogP contribution in [0.25, 0.3) is 0 Å². The van der Waals surface area contributed by atoms with Gasteiger partial charge in [-0.3, -0.25) is 9.48 Å². The van der Waals surface area contributed by atoms with E-state index in [2.05, 4.69) is 20.6 Å². The highest BCUT2D eigenvalue weighted by molar-refractivity contribution is 5.95. The molecule has 0 fully saturated rings. The minimum absolute atomic E-state index is 0.112. The Labute approximate surface area is 146 Å². The van der Waals surface area contributed by atoms with E-state index >= 15 is 0 Å². The first kappa shape index (κ1) is 16.9. The average Bonchev–Trinajstić information content (AvgIpc) is 3.23. The van der Waals surface area contributed by atoms with Crippen LogP contribution in [0.4, 0.5) is 0 Å². The van der Waals surface area contributed by atoms with Gasteiger partial charge in [-0.15, -0.1) is 10.2 Å². The zero-order valence-electron chi connectivity index (χ0n) is 14.5. The molecule has 7 nitrogen and oxygen atoms in total. The van der Waals surface area contributed by atoms with Crippen LogP contribution in [-0.4, -0.2) is 37.0 Å². The fourth-order valence-corrected chi connectivity index (χ4v) is 2.70. The largest absolute Gasteiger partial charge is 0.351 e. The molecule has 0 aliphatic heterocycles. The van der Waals surface area contributed by atoms with Crippen LogP contribution in [0.15, 0.2) is 42.9 Å². The summed E-state index contributed by atoms with van der Waals surface area (Å²) in [5.74, 6) is 0.763. The lowest BCUT2D eigenvalue weighted by Crippen LogP contribution is -2.27. The van der Waals surface area contributed by atoms with Crippen molar-refractivity contribution in [1.29, 1.82) is 0 Å². The number of aryl methyl sites for hydroxylation is 1. The highest BCUT2D eigenvalue weighted by Crippen LogP contribution is 2.10. The Morgan fingerprint density at radius 3 is 2.80 bits per heavy atom. The number of amides is 1. The molecule has 0 saturated carbocycles. The first-order valence-electron chi connectivity index (χ1n) is 8.40. The van der Waals surface area contributed by atoms with Crippen LogP contribution >= 0.6 is 0 Å². The van der Waals surface area contributed by atoms with Crippen molar-refractivity contribution >= 4 is 5.91 Å². The molecule has 3 rings (SSSR count). The van der Waals surface area contributed by atoms with E-state index in [1.165, 1.54) is 0 Å². The molecule has 2 heterocycles. The molecule has 2 aromatic heterocycles. The summed E-state index contributed by atoms with van der Waals surface area (Å²) in [7, 11) is 0. The number of hydrogen-bond acceptors (Lipinski definition) is 4. The summed E-state index contributed by atoms with van der Waals surface area (Å²) in [6.45, 7) is 5.94. The molecule has 1 amide bonds. The molecule has 7 heteroatoms. The SMILES string of the molecule is CCn1cnnc1CCNC(=O)c1cnn(Cc2ccccc2)c1C. The predicted molar refractivity (Wildman–Crippen MR) is 94.2 cm³/mol. The van der Waals surface area contributed by atoms with Gasteiger partial charge in [0.2, 0.25) is 0 Å². The summed E-state index contributed by atoms with van der Waals surface area (Å²) in [4.78, 5) is 12.4. The van der Waals surface area contributed by atoms with Crippen molar-refractivity contribution in [3.63, 3.8) is 0 Å². The van der Waals surface area contributed by atoms with Gasteiger partial charge in [0.1, 0.15) is 12.2 Å². The first-order valence-corrected chi connectivity index (χ1v) is 8.40. The Balaban J connectivity index is 1.59. The zero-order chi connectivity index (χ0) is 17.6. The molecular formula is C18H22N6O. The molecule has 0 spiro atoms. The lowest BCUT2D eigenvalue weighted by atomic mass is 10.2. The van der Waals surface area contributed by atoms with Crippen molar-refractivity contribution in [3.8, 4) is 0 Å². The van der Waals surface area contributed by atoms with Crippen LogP contribution in [-0.2, 0) is 19.5 Å². The highest BCUT2D eigenvalue weighted by atomic mass is 16.1. The topological polar surface area (TPSA) is 77.6 Å². The molecule has 0 unspecified atom stereocenters. The second kappa shape index (κ2) is 7.74. The van der Waals surface area contributed by atoms with E-state index < -0.39 is 0 Å². The van der Waals surface area contributed by atoms with Crippen molar-refractivity contribution in [2.75, 3.05) is 6.54 Å². The molecule has 1 aromatic carbocycles. The van der Waals surface area contributed by atoms with Gasteiger partial charge < -0.3 is 9.88 Å². The van der Waals surface area contributed by atoms with Crippen molar-refractivity contribution in [2.45, 2.75) is 33.4 Å². The summed E-state index contributed by atoms with van der Waals surface area (Å²) in [5.41, 5.74) is 2.62. The molecule has 1 N–H and O–H groups in total. The van der Waals surface area contributed by atoms with E-state index in [0.29, 0.717) is 25.1 Å². The van der Waals surface area contributed by atoms with Gasteiger partial charge in [0, 0.05) is 25.2 Å².